The van der Waals surface area contributed by atoms with Gasteiger partial charge in [-0.1, -0.05) is 0 Å². The Balaban J connectivity index is 2.42. The Kier molecular flexibility index (Phi) is 5.81. The van der Waals surface area contributed by atoms with E-state index in [0.717, 1.165) is 6.54 Å². The van der Waals surface area contributed by atoms with E-state index in [4.69, 9.17) is 4.74 Å². The molecule has 0 aliphatic rings. The Hall–Kier alpha value is -2.08. The van der Waals surface area contributed by atoms with E-state index in [2.05, 4.69) is 10.6 Å². The molecule has 1 rings (SSSR count). The lowest BCUT2D eigenvalue weighted by atomic mass is 10.3. The number of likely N-dealkylation sites (N-methyl/N-ethyl adjacent to an activating group) is 1. The molecule has 3 N–H and O–H groups in total. The molecular weight excluding hydrogens is 246 g/mol. The Morgan fingerprint density at radius 3 is 2.32 bits per heavy atom. The minimum absolute atomic E-state index is 0.469. The van der Waals surface area contributed by atoms with Crippen LogP contribution in [0.3, 0.4) is 0 Å². The van der Waals surface area contributed by atoms with Gasteiger partial charge in [0.15, 0.2) is 0 Å². The fourth-order valence-electron chi connectivity index (χ4n) is 1.37. The number of hydrogen-bond donors (Lipinski definition) is 3. The van der Waals surface area contributed by atoms with E-state index in [1.165, 1.54) is 4.90 Å². The molecule has 0 bridgehead atoms. The maximum atomic E-state index is 11.6. The summed E-state index contributed by atoms with van der Waals surface area (Å²) in [6.07, 6.45) is 0. The predicted octanol–water partition coefficient (Wildman–Crippen LogP) is -1.11. The highest BCUT2D eigenvalue weighted by Crippen LogP contribution is 2.14. The fraction of sp³-hybridized carbons (Fsp3) is 0.385. The first-order valence-electron chi connectivity index (χ1n) is 6.05. The van der Waals surface area contributed by atoms with Gasteiger partial charge in [-0.2, -0.15) is 0 Å². The second kappa shape index (κ2) is 7.38. The fourth-order valence-corrected chi connectivity index (χ4v) is 1.37. The number of anilines is 1. The van der Waals surface area contributed by atoms with Gasteiger partial charge in [0.25, 0.3) is 0 Å². The zero-order valence-electron chi connectivity index (χ0n) is 11.4. The predicted molar refractivity (Wildman–Crippen MR) is 72.3 cm³/mol. The summed E-state index contributed by atoms with van der Waals surface area (Å²) in [5.74, 6) is -0.604. The highest BCUT2D eigenvalue weighted by atomic mass is 16.5. The lowest BCUT2D eigenvalue weighted by molar-refractivity contribution is -0.856. The lowest BCUT2D eigenvalue weighted by Crippen LogP contribution is -3.06. The van der Waals surface area contributed by atoms with Crippen molar-refractivity contribution >= 4 is 17.5 Å². The standard InChI is InChI=1S/C13H19N3O3/c1-16(2)9-8-14-12(17)13(18)15-10-4-6-11(19-3)7-5-10/h4-7H,8-9H2,1-3H3,(H,14,17)(H,15,18)/p+1. The molecule has 0 radical (unpaired) electrons. The molecule has 0 aliphatic carbocycles. The van der Waals surface area contributed by atoms with Crippen LogP contribution < -0.4 is 20.3 Å². The van der Waals surface area contributed by atoms with Gasteiger partial charge in [0.2, 0.25) is 0 Å². The summed E-state index contributed by atoms with van der Waals surface area (Å²) in [5, 5.41) is 5.08. The number of carbonyl (C=O) groups excluding carboxylic acids is 2. The van der Waals surface area contributed by atoms with Crippen LogP contribution in [0.15, 0.2) is 24.3 Å². The van der Waals surface area contributed by atoms with Crippen LogP contribution in [0, 0.1) is 0 Å². The molecule has 0 aliphatic heterocycles. The summed E-state index contributed by atoms with van der Waals surface area (Å²) < 4.78 is 5.00. The first-order chi connectivity index (χ1) is 9.02. The van der Waals surface area contributed by atoms with Crippen molar-refractivity contribution in [2.24, 2.45) is 0 Å². The van der Waals surface area contributed by atoms with Crippen molar-refractivity contribution in [2.75, 3.05) is 39.6 Å². The molecule has 2 amide bonds. The second-order valence-corrected chi connectivity index (χ2v) is 4.40. The summed E-state index contributed by atoms with van der Waals surface area (Å²) in [7, 11) is 5.51. The zero-order chi connectivity index (χ0) is 14.3. The van der Waals surface area contributed by atoms with Gasteiger partial charge in [-0.25, -0.2) is 0 Å². The summed E-state index contributed by atoms with van der Waals surface area (Å²) in [4.78, 5) is 24.3. The summed E-state index contributed by atoms with van der Waals surface area (Å²) >= 11 is 0. The Morgan fingerprint density at radius 2 is 1.79 bits per heavy atom. The number of rotatable bonds is 5. The highest BCUT2D eigenvalue weighted by Gasteiger charge is 2.13. The number of ether oxygens (including phenoxy) is 1. The van der Waals surface area contributed by atoms with E-state index in [1.54, 1.807) is 31.4 Å². The van der Waals surface area contributed by atoms with Crippen LogP contribution in [-0.2, 0) is 9.59 Å². The van der Waals surface area contributed by atoms with Crippen molar-refractivity contribution in [3.63, 3.8) is 0 Å². The monoisotopic (exact) mass is 266 g/mol. The van der Waals surface area contributed by atoms with Crippen LogP contribution >= 0.6 is 0 Å². The maximum Gasteiger partial charge on any atom is 0.313 e. The topological polar surface area (TPSA) is 71.9 Å². The van der Waals surface area contributed by atoms with Crippen molar-refractivity contribution < 1.29 is 19.2 Å². The summed E-state index contributed by atoms with van der Waals surface area (Å²) in [5.41, 5.74) is 0.555. The molecule has 0 saturated carbocycles. The number of methoxy groups -OCH3 is 1. The van der Waals surface area contributed by atoms with Gasteiger partial charge in [0, 0.05) is 5.69 Å². The molecule has 0 spiro atoms. The van der Waals surface area contributed by atoms with E-state index >= 15 is 0 Å². The van der Waals surface area contributed by atoms with Crippen LogP contribution in [0.5, 0.6) is 5.75 Å². The average Bonchev–Trinajstić information content (AvgIpc) is 2.39. The number of nitrogens with one attached hydrogen (secondary N) is 3. The summed E-state index contributed by atoms with van der Waals surface area (Å²) in [6.45, 7) is 1.23. The normalized spacial score (nSPS) is 10.1. The van der Waals surface area contributed by atoms with Gasteiger partial charge in [-0.15, -0.1) is 0 Å². The van der Waals surface area contributed by atoms with Crippen molar-refractivity contribution in [3.05, 3.63) is 24.3 Å². The van der Waals surface area contributed by atoms with Crippen molar-refractivity contribution in [2.45, 2.75) is 0 Å². The molecule has 1 aromatic rings. The molecule has 6 heteroatoms. The van der Waals surface area contributed by atoms with E-state index in [0.29, 0.717) is 18.0 Å². The summed E-state index contributed by atoms with van der Waals surface area (Å²) in [6, 6.07) is 6.77. The van der Waals surface area contributed by atoms with Gasteiger partial charge in [-0.3, -0.25) is 9.59 Å². The molecular formula is C13H20N3O3+. The third kappa shape index (κ3) is 5.39. The average molecular weight is 266 g/mol. The molecule has 19 heavy (non-hydrogen) atoms. The first-order valence-corrected chi connectivity index (χ1v) is 6.05. The Bertz CT molecular complexity index is 429. The van der Waals surface area contributed by atoms with Gasteiger partial charge >= 0.3 is 11.8 Å². The SMILES string of the molecule is COc1ccc(NC(=O)C(=O)NCC[NH+](C)C)cc1. The largest absolute Gasteiger partial charge is 0.497 e. The smallest absolute Gasteiger partial charge is 0.313 e. The lowest BCUT2D eigenvalue weighted by Gasteiger charge is -2.09. The quantitative estimate of drug-likeness (QED) is 0.592. The van der Waals surface area contributed by atoms with E-state index in [-0.39, 0.29) is 0 Å². The molecule has 0 saturated heterocycles. The van der Waals surface area contributed by atoms with E-state index in [1.807, 2.05) is 14.1 Å². The molecule has 1 aromatic carbocycles. The van der Waals surface area contributed by atoms with Crippen molar-refractivity contribution in [3.8, 4) is 5.75 Å². The first kappa shape index (κ1) is 15.0. The second-order valence-electron chi connectivity index (χ2n) is 4.40. The third-order valence-corrected chi connectivity index (χ3v) is 2.46. The molecule has 104 valence electrons. The van der Waals surface area contributed by atoms with Crippen molar-refractivity contribution in [1.82, 2.24) is 5.32 Å². The number of quaternary nitrogens is 1. The minimum Gasteiger partial charge on any atom is -0.497 e. The Labute approximate surface area is 112 Å². The number of hydrogen-bond acceptors (Lipinski definition) is 3. The van der Waals surface area contributed by atoms with E-state index < -0.39 is 11.8 Å². The van der Waals surface area contributed by atoms with Crippen LogP contribution in [0.25, 0.3) is 0 Å². The maximum absolute atomic E-state index is 11.6. The molecule has 0 heterocycles. The minimum atomic E-state index is -0.668. The highest BCUT2D eigenvalue weighted by molar-refractivity contribution is 6.39. The Morgan fingerprint density at radius 1 is 1.16 bits per heavy atom. The number of carbonyl (C=O) groups is 2. The number of benzene rings is 1. The third-order valence-electron chi connectivity index (χ3n) is 2.46. The molecule has 0 unspecified atom stereocenters. The molecule has 0 aromatic heterocycles. The van der Waals surface area contributed by atoms with Crippen LogP contribution in [0.1, 0.15) is 0 Å². The molecule has 6 nitrogen and oxygen atoms in total. The van der Waals surface area contributed by atoms with Crippen LogP contribution in [-0.4, -0.2) is 46.1 Å². The molecule has 0 atom stereocenters. The van der Waals surface area contributed by atoms with Gasteiger partial charge < -0.3 is 20.3 Å². The van der Waals surface area contributed by atoms with Gasteiger partial charge in [0.05, 0.1) is 34.3 Å². The number of amides is 2. The van der Waals surface area contributed by atoms with Crippen molar-refractivity contribution in [1.29, 1.82) is 0 Å². The van der Waals surface area contributed by atoms with Crippen LogP contribution in [0.2, 0.25) is 0 Å². The van der Waals surface area contributed by atoms with Gasteiger partial charge in [-0.05, 0) is 24.3 Å². The zero-order valence-corrected chi connectivity index (χ0v) is 11.4. The van der Waals surface area contributed by atoms with Crippen LogP contribution in [0.4, 0.5) is 5.69 Å². The van der Waals surface area contributed by atoms with Gasteiger partial charge in [0.1, 0.15) is 5.75 Å². The van der Waals surface area contributed by atoms with E-state index in [9.17, 15) is 9.59 Å². The molecule has 0 fully saturated rings.